The second kappa shape index (κ2) is 7.81. The maximum atomic E-state index is 5.11. The number of pyridine rings is 3. The molecule has 0 spiro atoms. The third-order valence-electron chi connectivity index (χ3n) is 7.61. The number of benzene rings is 4. The van der Waals surface area contributed by atoms with E-state index in [0.29, 0.717) is 0 Å². The van der Waals surface area contributed by atoms with Crippen molar-refractivity contribution in [2.45, 2.75) is 6.42 Å². The molecule has 4 aromatic carbocycles. The molecule has 3 aromatic heterocycles. The molecule has 3 nitrogen and oxygen atoms in total. The summed E-state index contributed by atoms with van der Waals surface area (Å²) in [6.07, 6.45) is 6.61. The molecule has 3 heteroatoms. The summed E-state index contributed by atoms with van der Waals surface area (Å²) in [5.41, 5.74) is 11.9. The van der Waals surface area contributed by atoms with Crippen molar-refractivity contribution in [1.82, 2.24) is 15.0 Å². The van der Waals surface area contributed by atoms with E-state index in [9.17, 15) is 0 Å². The Morgan fingerprint density at radius 1 is 0.568 bits per heavy atom. The van der Waals surface area contributed by atoms with Gasteiger partial charge in [-0.1, -0.05) is 72.8 Å². The number of aromatic nitrogens is 3. The van der Waals surface area contributed by atoms with E-state index >= 15 is 0 Å². The van der Waals surface area contributed by atoms with Crippen molar-refractivity contribution in [2.75, 3.05) is 0 Å². The molecule has 37 heavy (non-hydrogen) atoms. The molecule has 0 radical (unpaired) electrons. The van der Waals surface area contributed by atoms with Crippen LogP contribution in [0.25, 0.3) is 66.1 Å². The zero-order chi connectivity index (χ0) is 24.3. The highest BCUT2D eigenvalue weighted by Gasteiger charge is 2.23. The maximum Gasteiger partial charge on any atom is 0.0972 e. The van der Waals surface area contributed by atoms with E-state index in [1.54, 1.807) is 0 Å². The molecule has 3 heterocycles. The second-order valence-corrected chi connectivity index (χ2v) is 9.70. The van der Waals surface area contributed by atoms with Crippen LogP contribution in [0.1, 0.15) is 11.1 Å². The van der Waals surface area contributed by atoms with Crippen LogP contribution in [0.15, 0.2) is 116 Å². The van der Waals surface area contributed by atoms with Crippen molar-refractivity contribution >= 4 is 32.6 Å². The molecule has 0 amide bonds. The van der Waals surface area contributed by atoms with Gasteiger partial charge in [-0.2, -0.15) is 0 Å². The molecule has 0 saturated heterocycles. The van der Waals surface area contributed by atoms with E-state index < -0.39 is 0 Å². The van der Waals surface area contributed by atoms with Gasteiger partial charge in [0.1, 0.15) is 0 Å². The fourth-order valence-corrected chi connectivity index (χ4v) is 5.86. The summed E-state index contributed by atoms with van der Waals surface area (Å²) in [5.74, 6) is 0. The van der Waals surface area contributed by atoms with Crippen LogP contribution < -0.4 is 0 Å². The van der Waals surface area contributed by atoms with Gasteiger partial charge in [-0.05, 0) is 69.5 Å². The minimum atomic E-state index is 0.945. The fourth-order valence-electron chi connectivity index (χ4n) is 5.86. The molecule has 0 saturated carbocycles. The largest absolute Gasteiger partial charge is 0.264 e. The minimum Gasteiger partial charge on any atom is -0.264 e. The lowest BCUT2D eigenvalue weighted by atomic mass is 9.91. The van der Waals surface area contributed by atoms with Gasteiger partial charge in [0, 0.05) is 40.3 Å². The molecule has 0 bridgehead atoms. The van der Waals surface area contributed by atoms with Crippen molar-refractivity contribution < 1.29 is 0 Å². The number of rotatable bonds is 2. The number of nitrogens with zero attached hydrogens (tertiary/aromatic N) is 3. The average Bonchev–Trinajstić information content (AvgIpc) is 3.35. The van der Waals surface area contributed by atoms with Crippen LogP contribution >= 0.6 is 0 Å². The van der Waals surface area contributed by atoms with Gasteiger partial charge in [0.05, 0.1) is 16.7 Å². The SMILES string of the molecule is c1cc2c(c(-c3cccc4cnccc34)c1)-c1cc(-c3ccc4ccc5cccnc5c4n3)ccc1C2. The van der Waals surface area contributed by atoms with Crippen molar-refractivity contribution in [2.24, 2.45) is 0 Å². The Labute approximate surface area is 214 Å². The van der Waals surface area contributed by atoms with Crippen LogP contribution in [0, 0.1) is 0 Å². The lowest BCUT2D eigenvalue weighted by Crippen LogP contribution is -1.90. The Kier molecular flexibility index (Phi) is 4.29. The molecule has 0 atom stereocenters. The number of hydrogen-bond acceptors (Lipinski definition) is 3. The Bertz CT molecular complexity index is 2020. The number of hydrogen-bond donors (Lipinski definition) is 0. The van der Waals surface area contributed by atoms with E-state index in [2.05, 4.69) is 101 Å². The average molecular weight is 472 g/mol. The smallest absolute Gasteiger partial charge is 0.0972 e. The Morgan fingerprint density at radius 3 is 2.38 bits per heavy atom. The fraction of sp³-hybridized carbons (Fsp3) is 0.0294. The van der Waals surface area contributed by atoms with Crippen LogP contribution in [0.4, 0.5) is 0 Å². The third-order valence-corrected chi connectivity index (χ3v) is 7.61. The molecule has 0 fully saturated rings. The van der Waals surface area contributed by atoms with Crippen LogP contribution in [-0.4, -0.2) is 15.0 Å². The van der Waals surface area contributed by atoms with E-state index in [1.165, 1.54) is 38.8 Å². The highest BCUT2D eigenvalue weighted by molar-refractivity contribution is 6.04. The maximum absolute atomic E-state index is 5.11. The van der Waals surface area contributed by atoms with Crippen molar-refractivity contribution in [3.8, 4) is 33.5 Å². The molecule has 0 unspecified atom stereocenters. The molecular weight excluding hydrogens is 450 g/mol. The van der Waals surface area contributed by atoms with Gasteiger partial charge in [-0.3, -0.25) is 9.97 Å². The number of fused-ring (bicyclic) bond motifs is 7. The zero-order valence-corrected chi connectivity index (χ0v) is 20.0. The van der Waals surface area contributed by atoms with Gasteiger partial charge >= 0.3 is 0 Å². The van der Waals surface area contributed by atoms with Gasteiger partial charge in [0.25, 0.3) is 0 Å². The predicted octanol–water partition coefficient (Wildman–Crippen LogP) is 8.24. The van der Waals surface area contributed by atoms with E-state index in [4.69, 9.17) is 4.98 Å². The minimum absolute atomic E-state index is 0.945. The van der Waals surface area contributed by atoms with E-state index in [1.807, 2.05) is 24.7 Å². The first-order valence-corrected chi connectivity index (χ1v) is 12.6. The molecule has 0 aliphatic heterocycles. The summed E-state index contributed by atoms with van der Waals surface area (Å²) < 4.78 is 0. The molecule has 8 rings (SSSR count). The van der Waals surface area contributed by atoms with E-state index in [0.717, 1.165) is 44.9 Å². The van der Waals surface area contributed by atoms with Gasteiger partial charge in [-0.25, -0.2) is 4.98 Å². The summed E-state index contributed by atoms with van der Waals surface area (Å²) in [6, 6.07) is 34.7. The second-order valence-electron chi connectivity index (χ2n) is 9.70. The van der Waals surface area contributed by atoms with Gasteiger partial charge in [-0.15, -0.1) is 0 Å². The molecule has 0 N–H and O–H groups in total. The van der Waals surface area contributed by atoms with Gasteiger partial charge in [0.2, 0.25) is 0 Å². The first kappa shape index (κ1) is 20.3. The van der Waals surface area contributed by atoms with Crippen LogP contribution in [0.2, 0.25) is 0 Å². The quantitative estimate of drug-likeness (QED) is 0.238. The highest BCUT2D eigenvalue weighted by Crippen LogP contribution is 2.45. The summed E-state index contributed by atoms with van der Waals surface area (Å²) in [7, 11) is 0. The Hall–Kier alpha value is -4.89. The topological polar surface area (TPSA) is 38.7 Å². The van der Waals surface area contributed by atoms with Crippen LogP contribution in [0.5, 0.6) is 0 Å². The monoisotopic (exact) mass is 471 g/mol. The Morgan fingerprint density at radius 2 is 1.41 bits per heavy atom. The first-order chi connectivity index (χ1) is 18.3. The lowest BCUT2D eigenvalue weighted by Gasteiger charge is -2.13. The molecule has 7 aromatic rings. The van der Waals surface area contributed by atoms with Gasteiger partial charge < -0.3 is 0 Å². The highest BCUT2D eigenvalue weighted by atomic mass is 14.7. The molecule has 172 valence electrons. The van der Waals surface area contributed by atoms with Crippen LogP contribution in [0.3, 0.4) is 0 Å². The first-order valence-electron chi connectivity index (χ1n) is 12.6. The van der Waals surface area contributed by atoms with Crippen molar-refractivity contribution in [3.05, 3.63) is 127 Å². The molecule has 1 aliphatic carbocycles. The summed E-state index contributed by atoms with van der Waals surface area (Å²) in [6.45, 7) is 0. The normalized spacial score (nSPS) is 12.2. The summed E-state index contributed by atoms with van der Waals surface area (Å²) >= 11 is 0. The van der Waals surface area contributed by atoms with Crippen molar-refractivity contribution in [1.29, 1.82) is 0 Å². The summed E-state index contributed by atoms with van der Waals surface area (Å²) in [4.78, 5) is 14.1. The Balaban J connectivity index is 1.32. The zero-order valence-electron chi connectivity index (χ0n) is 20.0. The molecular formula is C34H21N3. The predicted molar refractivity (Wildman–Crippen MR) is 151 cm³/mol. The van der Waals surface area contributed by atoms with Crippen LogP contribution in [-0.2, 0) is 6.42 Å². The molecule has 1 aliphatic rings. The lowest BCUT2D eigenvalue weighted by molar-refractivity contribution is 1.26. The summed E-state index contributed by atoms with van der Waals surface area (Å²) in [5, 5.41) is 4.60. The third kappa shape index (κ3) is 3.11. The standard InChI is InChI=1S/C34H21N3/c1-4-25-18-23-11-12-24(31-14-13-22-10-9-21-6-3-16-36-33(21)34(22)37-31)19-30(23)32(25)29(8-1)28-7-2-5-26-20-35-17-15-27(26)28/h1-17,19-20H,18H2. The van der Waals surface area contributed by atoms with Crippen molar-refractivity contribution in [3.63, 3.8) is 0 Å². The van der Waals surface area contributed by atoms with E-state index in [-0.39, 0.29) is 0 Å². The van der Waals surface area contributed by atoms with Gasteiger partial charge in [0.15, 0.2) is 0 Å².